The van der Waals surface area contributed by atoms with Crippen LogP contribution in [0.3, 0.4) is 0 Å². The van der Waals surface area contributed by atoms with Gasteiger partial charge < -0.3 is 5.32 Å². The number of nitrogens with one attached hydrogen (secondary N) is 1. The van der Waals surface area contributed by atoms with Crippen molar-refractivity contribution in [2.45, 2.75) is 19.4 Å². The van der Waals surface area contributed by atoms with Crippen molar-refractivity contribution in [3.8, 4) is 0 Å². The van der Waals surface area contributed by atoms with Crippen LogP contribution < -0.4 is 5.32 Å². The van der Waals surface area contributed by atoms with E-state index in [1.165, 1.54) is 10.4 Å². The summed E-state index contributed by atoms with van der Waals surface area (Å²) in [6, 6.07) is 8.39. The summed E-state index contributed by atoms with van der Waals surface area (Å²) in [5.41, 5.74) is 1.19. The Bertz CT molecular complexity index is 556. The Morgan fingerprint density at radius 2 is 2.05 bits per heavy atom. The van der Waals surface area contributed by atoms with Crippen LogP contribution in [0.5, 0.6) is 0 Å². The van der Waals surface area contributed by atoms with E-state index in [1.807, 2.05) is 12.1 Å². The summed E-state index contributed by atoms with van der Waals surface area (Å²) >= 11 is 15.0. The van der Waals surface area contributed by atoms with Gasteiger partial charge in [0.1, 0.15) is 0 Å². The molecule has 1 unspecified atom stereocenters. The number of benzene rings is 1. The lowest BCUT2D eigenvalue weighted by Gasteiger charge is -2.19. The maximum absolute atomic E-state index is 6.21. The van der Waals surface area contributed by atoms with Crippen molar-refractivity contribution in [2.75, 3.05) is 6.54 Å². The van der Waals surface area contributed by atoms with Gasteiger partial charge in [-0.1, -0.05) is 24.6 Å². The maximum atomic E-state index is 6.21. The van der Waals surface area contributed by atoms with E-state index >= 15 is 0 Å². The number of thiophene rings is 1. The molecule has 0 bridgehead atoms. The van der Waals surface area contributed by atoms with Gasteiger partial charge in [0.05, 0.1) is 11.1 Å². The molecule has 0 amide bonds. The first-order valence-corrected chi connectivity index (χ1v) is 8.89. The minimum absolute atomic E-state index is 0.180. The molecule has 2 aromatic rings. The van der Waals surface area contributed by atoms with E-state index in [2.05, 4.69) is 61.6 Å². The largest absolute Gasteiger partial charge is 0.306 e. The molecule has 0 fully saturated rings. The van der Waals surface area contributed by atoms with Gasteiger partial charge in [-0.25, -0.2) is 0 Å². The Balaban J connectivity index is 2.37. The van der Waals surface area contributed by atoms with E-state index in [0.717, 1.165) is 26.9 Å². The van der Waals surface area contributed by atoms with Crippen molar-refractivity contribution in [3.05, 3.63) is 54.1 Å². The molecule has 19 heavy (non-hydrogen) atoms. The molecule has 0 radical (unpaired) electrons. The van der Waals surface area contributed by atoms with Crippen molar-refractivity contribution in [2.24, 2.45) is 0 Å². The third-order valence-corrected chi connectivity index (χ3v) is 5.95. The predicted octanol–water partition coefficient (Wildman–Crippen LogP) is 6.02. The highest BCUT2D eigenvalue weighted by molar-refractivity contribution is 9.10. The molecule has 0 saturated carbocycles. The average Bonchev–Trinajstić information content (AvgIpc) is 2.80. The van der Waals surface area contributed by atoms with Crippen molar-refractivity contribution in [1.82, 2.24) is 5.32 Å². The maximum Gasteiger partial charge on any atom is 0.0683 e. The average molecular weight is 424 g/mol. The van der Waals surface area contributed by atoms with Crippen LogP contribution in [0.4, 0.5) is 0 Å². The molecule has 0 spiro atoms. The third kappa shape index (κ3) is 3.82. The SMILES string of the molecule is CCCNC(c1ccc(Br)c(Cl)c1)c1sccc1Br. The van der Waals surface area contributed by atoms with Gasteiger partial charge in [-0.2, -0.15) is 0 Å². The lowest BCUT2D eigenvalue weighted by atomic mass is 10.1. The van der Waals surface area contributed by atoms with Gasteiger partial charge in [0.25, 0.3) is 0 Å². The van der Waals surface area contributed by atoms with E-state index in [0.29, 0.717) is 0 Å². The second-order valence-corrected chi connectivity index (χ2v) is 7.26. The highest BCUT2D eigenvalue weighted by Crippen LogP contribution is 2.35. The first-order valence-electron chi connectivity index (χ1n) is 6.04. The number of hydrogen-bond donors (Lipinski definition) is 1. The van der Waals surface area contributed by atoms with Crippen LogP contribution in [0.25, 0.3) is 0 Å². The monoisotopic (exact) mass is 421 g/mol. The molecule has 1 aromatic heterocycles. The smallest absolute Gasteiger partial charge is 0.0683 e. The van der Waals surface area contributed by atoms with Crippen LogP contribution >= 0.6 is 54.8 Å². The second kappa shape index (κ2) is 7.23. The van der Waals surface area contributed by atoms with Crippen LogP contribution in [0, 0.1) is 0 Å². The molecule has 1 N–H and O–H groups in total. The first kappa shape index (κ1) is 15.5. The standard InChI is InChI=1S/C14H14Br2ClNS/c1-2-6-18-13(14-11(16)5-7-19-14)9-3-4-10(15)12(17)8-9/h3-5,7-8,13,18H,2,6H2,1H3. The zero-order valence-electron chi connectivity index (χ0n) is 10.4. The summed E-state index contributed by atoms with van der Waals surface area (Å²) in [7, 11) is 0. The van der Waals surface area contributed by atoms with Gasteiger partial charge in [-0.15, -0.1) is 11.3 Å². The van der Waals surface area contributed by atoms with E-state index in [1.54, 1.807) is 11.3 Å². The lowest BCUT2D eigenvalue weighted by Crippen LogP contribution is -2.22. The third-order valence-electron chi connectivity index (χ3n) is 2.78. The Hall–Kier alpha value is 0.130. The lowest BCUT2D eigenvalue weighted by molar-refractivity contribution is 0.604. The molecule has 0 aliphatic rings. The van der Waals surface area contributed by atoms with Crippen molar-refractivity contribution in [3.63, 3.8) is 0 Å². The molecule has 5 heteroatoms. The van der Waals surface area contributed by atoms with Gasteiger partial charge in [0.2, 0.25) is 0 Å². The minimum atomic E-state index is 0.180. The van der Waals surface area contributed by atoms with E-state index in [4.69, 9.17) is 11.6 Å². The van der Waals surface area contributed by atoms with Crippen LogP contribution in [0.2, 0.25) is 5.02 Å². The summed E-state index contributed by atoms with van der Waals surface area (Å²) < 4.78 is 2.07. The zero-order chi connectivity index (χ0) is 13.8. The van der Waals surface area contributed by atoms with Crippen LogP contribution in [-0.4, -0.2) is 6.54 Å². The molecule has 1 heterocycles. The molecule has 1 nitrogen and oxygen atoms in total. The Morgan fingerprint density at radius 3 is 2.63 bits per heavy atom. The molecule has 1 aromatic carbocycles. The molecule has 102 valence electrons. The van der Waals surface area contributed by atoms with Crippen molar-refractivity contribution >= 4 is 54.8 Å². The van der Waals surface area contributed by atoms with Gasteiger partial charge in [-0.05, 0) is 74.0 Å². The summed E-state index contributed by atoms with van der Waals surface area (Å²) in [6.45, 7) is 3.14. The molecule has 0 aliphatic heterocycles. The normalized spacial score (nSPS) is 12.6. The highest BCUT2D eigenvalue weighted by atomic mass is 79.9. The Labute approximate surface area is 139 Å². The quantitative estimate of drug-likeness (QED) is 0.620. The van der Waals surface area contributed by atoms with E-state index < -0.39 is 0 Å². The van der Waals surface area contributed by atoms with Crippen molar-refractivity contribution in [1.29, 1.82) is 0 Å². The summed E-state index contributed by atoms with van der Waals surface area (Å²) in [4.78, 5) is 1.28. The fourth-order valence-corrected chi connectivity index (χ4v) is 3.99. The summed E-state index contributed by atoms with van der Waals surface area (Å²) in [6.07, 6.45) is 1.10. The number of halogens is 3. The predicted molar refractivity (Wildman–Crippen MR) is 91.3 cm³/mol. The van der Waals surface area contributed by atoms with Crippen molar-refractivity contribution < 1.29 is 0 Å². The first-order chi connectivity index (χ1) is 9.13. The number of hydrogen-bond acceptors (Lipinski definition) is 2. The van der Waals surface area contributed by atoms with Crippen LogP contribution in [0.15, 0.2) is 38.6 Å². The van der Waals surface area contributed by atoms with Crippen LogP contribution in [-0.2, 0) is 0 Å². The van der Waals surface area contributed by atoms with E-state index in [-0.39, 0.29) is 6.04 Å². The second-order valence-electron chi connectivity index (χ2n) is 4.19. The van der Waals surface area contributed by atoms with Crippen LogP contribution in [0.1, 0.15) is 29.8 Å². The Kier molecular flexibility index (Phi) is 5.90. The molecule has 1 atom stereocenters. The topological polar surface area (TPSA) is 12.0 Å². The summed E-state index contributed by atoms with van der Waals surface area (Å²) in [5, 5.41) is 6.42. The molecule has 0 saturated heterocycles. The zero-order valence-corrected chi connectivity index (χ0v) is 15.2. The minimum Gasteiger partial charge on any atom is -0.306 e. The van der Waals surface area contributed by atoms with Gasteiger partial charge in [0.15, 0.2) is 0 Å². The fourth-order valence-electron chi connectivity index (χ4n) is 1.85. The summed E-state index contributed by atoms with van der Waals surface area (Å²) in [5.74, 6) is 0. The van der Waals surface area contributed by atoms with E-state index in [9.17, 15) is 0 Å². The number of rotatable bonds is 5. The highest BCUT2D eigenvalue weighted by Gasteiger charge is 2.18. The van der Waals surface area contributed by atoms with Gasteiger partial charge in [0, 0.05) is 13.8 Å². The van der Waals surface area contributed by atoms with Gasteiger partial charge >= 0.3 is 0 Å². The fraction of sp³-hybridized carbons (Fsp3) is 0.286. The molecular formula is C14H14Br2ClNS. The molecular weight excluding hydrogens is 409 g/mol. The Morgan fingerprint density at radius 1 is 1.26 bits per heavy atom. The molecule has 2 rings (SSSR count). The van der Waals surface area contributed by atoms with Gasteiger partial charge in [-0.3, -0.25) is 0 Å². The molecule has 0 aliphatic carbocycles.